The summed E-state index contributed by atoms with van der Waals surface area (Å²) in [6.07, 6.45) is 6.72. The second kappa shape index (κ2) is 10.6. The molecule has 8 nitrogen and oxygen atoms in total. The first kappa shape index (κ1) is 24.1. The number of carbonyl (C=O) groups excluding carboxylic acids is 1. The Balaban J connectivity index is 1.25. The number of carboxylic acid groups (broad SMARTS) is 1. The van der Waals surface area contributed by atoms with E-state index in [9.17, 15) is 14.7 Å². The van der Waals surface area contributed by atoms with Gasteiger partial charge in [-0.25, -0.2) is 9.78 Å². The molecule has 5 rings (SSSR count). The Morgan fingerprint density at radius 2 is 1.73 bits per heavy atom. The van der Waals surface area contributed by atoms with Crippen LogP contribution in [-0.4, -0.2) is 32.4 Å². The standard InChI is InChI=1S/C28H22ClN3O5/c29-22-6-3-20(4-7-22)21-5-10-26-30-25(15-32(26)14-21)27(33)31-24(28(34)35)13-18-1-8-23(9-2-18)37-17-19-11-12-36-16-19/h1-12,14-16,24H,13,17H2,(H,31,33)(H,34,35). The average molecular weight is 516 g/mol. The van der Waals surface area contributed by atoms with E-state index < -0.39 is 17.9 Å². The molecule has 186 valence electrons. The van der Waals surface area contributed by atoms with Crippen molar-refractivity contribution in [3.05, 3.63) is 113 Å². The van der Waals surface area contributed by atoms with Gasteiger partial charge in [-0.1, -0.05) is 35.9 Å². The third-order valence-electron chi connectivity index (χ3n) is 5.81. The molecule has 0 radical (unpaired) electrons. The number of benzene rings is 2. The minimum atomic E-state index is -1.14. The number of amides is 1. The summed E-state index contributed by atoms with van der Waals surface area (Å²) in [5.41, 5.74) is 4.24. The Kier molecular flexibility index (Phi) is 6.91. The smallest absolute Gasteiger partial charge is 0.326 e. The van der Waals surface area contributed by atoms with E-state index in [1.807, 2.05) is 42.6 Å². The second-order valence-electron chi connectivity index (χ2n) is 8.45. The number of aromatic nitrogens is 2. The number of carboxylic acids is 1. The van der Waals surface area contributed by atoms with Crippen molar-refractivity contribution in [1.29, 1.82) is 0 Å². The van der Waals surface area contributed by atoms with Crippen LogP contribution in [0.1, 0.15) is 21.6 Å². The van der Waals surface area contributed by atoms with Crippen LogP contribution in [0.3, 0.4) is 0 Å². The van der Waals surface area contributed by atoms with E-state index in [2.05, 4.69) is 10.3 Å². The lowest BCUT2D eigenvalue weighted by molar-refractivity contribution is -0.139. The van der Waals surface area contributed by atoms with Gasteiger partial charge < -0.3 is 24.0 Å². The van der Waals surface area contributed by atoms with E-state index in [0.29, 0.717) is 23.0 Å². The first-order valence-electron chi connectivity index (χ1n) is 11.5. The monoisotopic (exact) mass is 515 g/mol. The van der Waals surface area contributed by atoms with Crippen LogP contribution in [0.15, 0.2) is 96.1 Å². The molecule has 0 aliphatic rings. The maximum atomic E-state index is 12.9. The largest absolute Gasteiger partial charge is 0.489 e. The van der Waals surface area contributed by atoms with Crippen LogP contribution in [0.25, 0.3) is 16.8 Å². The lowest BCUT2D eigenvalue weighted by Crippen LogP contribution is -2.42. The molecule has 0 aliphatic carbocycles. The number of hydrogen-bond donors (Lipinski definition) is 2. The Labute approximate surface area is 217 Å². The molecule has 0 saturated carbocycles. The average Bonchev–Trinajstić information content (AvgIpc) is 3.58. The first-order valence-corrected chi connectivity index (χ1v) is 11.8. The van der Waals surface area contributed by atoms with Crippen LogP contribution in [0.2, 0.25) is 5.02 Å². The Hall–Kier alpha value is -4.56. The van der Waals surface area contributed by atoms with E-state index in [1.165, 1.54) is 0 Å². The first-order chi connectivity index (χ1) is 17.9. The SMILES string of the molecule is O=C(NC(Cc1ccc(OCc2ccoc2)cc1)C(=O)O)c1cn2cc(-c3ccc(Cl)cc3)ccc2n1. The third-order valence-corrected chi connectivity index (χ3v) is 6.07. The number of rotatable bonds is 9. The highest BCUT2D eigenvalue weighted by Crippen LogP contribution is 2.22. The molecule has 1 atom stereocenters. The van der Waals surface area contributed by atoms with Gasteiger partial charge in [0.2, 0.25) is 0 Å². The number of imidazole rings is 1. The quantitative estimate of drug-likeness (QED) is 0.277. The molecule has 0 spiro atoms. The summed E-state index contributed by atoms with van der Waals surface area (Å²) in [5, 5.41) is 12.9. The van der Waals surface area contributed by atoms with Gasteiger partial charge in [-0.15, -0.1) is 0 Å². The van der Waals surface area contributed by atoms with Crippen molar-refractivity contribution in [2.45, 2.75) is 19.1 Å². The summed E-state index contributed by atoms with van der Waals surface area (Å²) < 4.78 is 12.4. The van der Waals surface area contributed by atoms with Gasteiger partial charge in [0.25, 0.3) is 5.91 Å². The molecule has 9 heteroatoms. The summed E-state index contributed by atoms with van der Waals surface area (Å²) in [6.45, 7) is 0.365. The predicted molar refractivity (Wildman–Crippen MR) is 138 cm³/mol. The molecule has 3 aromatic heterocycles. The summed E-state index contributed by atoms with van der Waals surface area (Å²) in [5.74, 6) is -1.06. The van der Waals surface area contributed by atoms with Crippen molar-refractivity contribution < 1.29 is 23.8 Å². The molecular weight excluding hydrogens is 494 g/mol. The van der Waals surface area contributed by atoms with E-state index >= 15 is 0 Å². The lowest BCUT2D eigenvalue weighted by atomic mass is 10.1. The van der Waals surface area contributed by atoms with E-state index in [1.54, 1.807) is 53.5 Å². The Morgan fingerprint density at radius 1 is 0.973 bits per heavy atom. The molecule has 1 amide bonds. The van der Waals surface area contributed by atoms with Gasteiger partial charge in [-0.2, -0.15) is 0 Å². The Bertz CT molecular complexity index is 1530. The van der Waals surface area contributed by atoms with Gasteiger partial charge in [0, 0.05) is 29.4 Å². The number of nitrogens with zero attached hydrogens (tertiary/aromatic N) is 2. The van der Waals surface area contributed by atoms with Gasteiger partial charge in [-0.05, 0) is 59.2 Å². The van der Waals surface area contributed by atoms with Crippen molar-refractivity contribution in [3.63, 3.8) is 0 Å². The fourth-order valence-electron chi connectivity index (χ4n) is 3.85. The van der Waals surface area contributed by atoms with Crippen LogP contribution in [0, 0.1) is 0 Å². The normalized spacial score (nSPS) is 11.8. The maximum absolute atomic E-state index is 12.9. The van der Waals surface area contributed by atoms with Gasteiger partial charge in [0.05, 0.1) is 12.5 Å². The van der Waals surface area contributed by atoms with Crippen molar-refractivity contribution >= 4 is 29.1 Å². The van der Waals surface area contributed by atoms with Crippen LogP contribution in [-0.2, 0) is 17.8 Å². The zero-order chi connectivity index (χ0) is 25.8. The van der Waals surface area contributed by atoms with Crippen molar-refractivity contribution in [2.75, 3.05) is 0 Å². The number of carbonyl (C=O) groups is 2. The topological polar surface area (TPSA) is 106 Å². The molecule has 3 heterocycles. The van der Waals surface area contributed by atoms with Gasteiger partial charge in [0.15, 0.2) is 0 Å². The van der Waals surface area contributed by atoms with Gasteiger partial charge in [-0.3, -0.25) is 4.79 Å². The third kappa shape index (κ3) is 5.82. The minimum absolute atomic E-state index is 0.108. The number of halogens is 1. The van der Waals surface area contributed by atoms with Crippen LogP contribution < -0.4 is 10.1 Å². The number of fused-ring (bicyclic) bond motifs is 1. The van der Waals surface area contributed by atoms with Gasteiger partial charge in [0.1, 0.15) is 29.7 Å². The summed E-state index contributed by atoms with van der Waals surface area (Å²) >= 11 is 5.97. The fourth-order valence-corrected chi connectivity index (χ4v) is 3.97. The highest BCUT2D eigenvalue weighted by Gasteiger charge is 2.23. The number of pyridine rings is 1. The number of hydrogen-bond acceptors (Lipinski definition) is 5. The van der Waals surface area contributed by atoms with Gasteiger partial charge >= 0.3 is 5.97 Å². The van der Waals surface area contributed by atoms with E-state index in [4.69, 9.17) is 20.8 Å². The summed E-state index contributed by atoms with van der Waals surface area (Å²) in [6, 6.07) is 18.9. The Morgan fingerprint density at radius 3 is 2.43 bits per heavy atom. The number of aliphatic carboxylic acids is 1. The minimum Gasteiger partial charge on any atom is -0.489 e. The number of furan rings is 1. The van der Waals surface area contributed by atoms with Crippen molar-refractivity contribution in [3.8, 4) is 16.9 Å². The zero-order valence-electron chi connectivity index (χ0n) is 19.5. The highest BCUT2D eigenvalue weighted by atomic mass is 35.5. The molecular formula is C28H22ClN3O5. The maximum Gasteiger partial charge on any atom is 0.326 e. The summed E-state index contributed by atoms with van der Waals surface area (Å²) in [4.78, 5) is 29.1. The molecule has 0 bridgehead atoms. The predicted octanol–water partition coefficient (Wildman–Crippen LogP) is 5.25. The fraction of sp³-hybridized carbons (Fsp3) is 0.107. The lowest BCUT2D eigenvalue weighted by Gasteiger charge is -2.14. The molecule has 1 unspecified atom stereocenters. The molecule has 2 N–H and O–H groups in total. The van der Waals surface area contributed by atoms with Crippen molar-refractivity contribution in [1.82, 2.24) is 14.7 Å². The second-order valence-corrected chi connectivity index (χ2v) is 8.89. The molecule has 0 aliphatic heterocycles. The van der Waals surface area contributed by atoms with E-state index in [0.717, 1.165) is 22.3 Å². The van der Waals surface area contributed by atoms with Crippen molar-refractivity contribution in [2.24, 2.45) is 0 Å². The molecule has 2 aromatic carbocycles. The van der Waals surface area contributed by atoms with E-state index in [-0.39, 0.29) is 12.1 Å². The van der Waals surface area contributed by atoms with Crippen LogP contribution >= 0.6 is 11.6 Å². The number of ether oxygens (including phenoxy) is 1. The van der Waals surface area contributed by atoms with Crippen LogP contribution in [0.5, 0.6) is 5.75 Å². The molecule has 0 fully saturated rings. The zero-order valence-corrected chi connectivity index (χ0v) is 20.3. The summed E-state index contributed by atoms with van der Waals surface area (Å²) in [7, 11) is 0. The molecule has 0 saturated heterocycles. The molecule has 5 aromatic rings. The number of nitrogens with one attached hydrogen (secondary N) is 1. The van der Waals surface area contributed by atoms with Crippen LogP contribution in [0.4, 0.5) is 0 Å². The highest BCUT2D eigenvalue weighted by molar-refractivity contribution is 6.30. The molecule has 37 heavy (non-hydrogen) atoms.